The van der Waals surface area contributed by atoms with Crippen molar-refractivity contribution in [2.75, 3.05) is 0 Å². The van der Waals surface area contributed by atoms with Crippen LogP contribution in [-0.2, 0) is 0 Å². The predicted octanol–water partition coefficient (Wildman–Crippen LogP) is 1.30. The van der Waals surface area contributed by atoms with E-state index < -0.39 is 12.1 Å². The van der Waals surface area contributed by atoms with Gasteiger partial charge in [0.05, 0.1) is 11.9 Å². The first-order valence-corrected chi connectivity index (χ1v) is 3.20. The van der Waals surface area contributed by atoms with Gasteiger partial charge in [0.2, 0.25) is 0 Å². The Balaban J connectivity index is 3.06. The summed E-state index contributed by atoms with van der Waals surface area (Å²) in [5, 5.41) is 14.2. The average Bonchev–Trinajstić information content (AvgIpc) is 2.50. The molecule has 0 amide bonds. The van der Waals surface area contributed by atoms with Crippen molar-refractivity contribution in [3.05, 3.63) is 30.1 Å². The molecule has 1 unspecified atom stereocenters. The Morgan fingerprint density at radius 3 is 3.08 bits per heavy atom. The maximum absolute atomic E-state index is 12.9. The molecule has 64 valence electrons. The molecule has 4 nitrogen and oxygen atoms in total. The zero-order valence-corrected chi connectivity index (χ0v) is 6.12. The molecule has 0 aliphatic rings. The van der Waals surface area contributed by atoms with E-state index in [1.807, 2.05) is 0 Å². The van der Waals surface area contributed by atoms with Crippen molar-refractivity contribution in [3.8, 4) is 0 Å². The van der Waals surface area contributed by atoms with Gasteiger partial charge in [-0.2, -0.15) is 5.10 Å². The number of carboxylic acid groups (broad SMARTS) is 1. The zero-order valence-electron chi connectivity index (χ0n) is 6.12. The number of carboxylic acids is 1. The van der Waals surface area contributed by atoms with E-state index in [9.17, 15) is 9.18 Å². The van der Waals surface area contributed by atoms with Crippen molar-refractivity contribution >= 4 is 5.97 Å². The molecule has 0 aliphatic carbocycles. The van der Waals surface area contributed by atoms with Crippen molar-refractivity contribution in [2.24, 2.45) is 0 Å². The summed E-state index contributed by atoms with van der Waals surface area (Å²) >= 11 is 0. The molecule has 0 saturated heterocycles. The molecule has 1 aromatic rings. The van der Waals surface area contributed by atoms with Crippen LogP contribution in [0.4, 0.5) is 4.39 Å². The van der Waals surface area contributed by atoms with Crippen LogP contribution in [-0.4, -0.2) is 21.3 Å². The Bertz CT molecular complexity index is 308. The number of aromatic nitrogens is 2. The third-order valence-corrected chi connectivity index (χ3v) is 1.38. The van der Waals surface area contributed by atoms with Gasteiger partial charge in [0, 0.05) is 0 Å². The first kappa shape index (κ1) is 8.45. The third kappa shape index (κ3) is 1.34. The lowest BCUT2D eigenvalue weighted by Crippen LogP contribution is -2.01. The number of rotatable bonds is 3. The molecule has 2 N–H and O–H groups in total. The van der Waals surface area contributed by atoms with E-state index in [2.05, 4.69) is 16.8 Å². The van der Waals surface area contributed by atoms with Gasteiger partial charge in [0.15, 0.2) is 6.17 Å². The van der Waals surface area contributed by atoms with Gasteiger partial charge in [-0.3, -0.25) is 5.10 Å². The van der Waals surface area contributed by atoms with Gasteiger partial charge < -0.3 is 5.11 Å². The van der Waals surface area contributed by atoms with Gasteiger partial charge >= 0.3 is 5.97 Å². The molecule has 1 heterocycles. The van der Waals surface area contributed by atoms with E-state index in [0.717, 1.165) is 12.3 Å². The first-order valence-electron chi connectivity index (χ1n) is 3.20. The maximum atomic E-state index is 12.9. The molecule has 0 aromatic carbocycles. The largest absolute Gasteiger partial charge is 0.478 e. The number of H-pyrrole nitrogens is 1. The number of nitrogens with zero attached hydrogens (tertiary/aromatic N) is 1. The highest BCUT2D eigenvalue weighted by atomic mass is 19.1. The van der Waals surface area contributed by atoms with Crippen molar-refractivity contribution in [2.45, 2.75) is 6.17 Å². The molecule has 0 radical (unpaired) electrons. The second kappa shape index (κ2) is 3.17. The summed E-state index contributed by atoms with van der Waals surface area (Å²) in [6.45, 7) is 3.20. The average molecular weight is 170 g/mol. The third-order valence-electron chi connectivity index (χ3n) is 1.38. The number of nitrogens with one attached hydrogen (secondary N) is 1. The smallest absolute Gasteiger partial charge is 0.339 e. The highest BCUT2D eigenvalue weighted by Gasteiger charge is 2.17. The number of aromatic carboxylic acids is 1. The Hall–Kier alpha value is -1.65. The summed E-state index contributed by atoms with van der Waals surface area (Å²) in [5.41, 5.74) is -0.236. The number of allylic oxidation sites excluding steroid dienone is 1. The Labute approximate surface area is 67.7 Å². The normalized spacial score (nSPS) is 12.4. The number of aromatic amines is 1. The van der Waals surface area contributed by atoms with E-state index >= 15 is 0 Å². The molecular formula is C7H7FN2O2. The maximum Gasteiger partial charge on any atom is 0.339 e. The molecular weight excluding hydrogens is 163 g/mol. The summed E-state index contributed by atoms with van der Waals surface area (Å²) in [7, 11) is 0. The molecule has 5 heteroatoms. The number of alkyl halides is 1. The fourth-order valence-electron chi connectivity index (χ4n) is 0.795. The van der Waals surface area contributed by atoms with Crippen molar-refractivity contribution in [1.82, 2.24) is 10.2 Å². The highest BCUT2D eigenvalue weighted by molar-refractivity contribution is 5.88. The van der Waals surface area contributed by atoms with Gasteiger partial charge in [-0.25, -0.2) is 9.18 Å². The van der Waals surface area contributed by atoms with Crippen LogP contribution in [0.25, 0.3) is 0 Å². The van der Waals surface area contributed by atoms with Gasteiger partial charge in [-0.05, 0) is 0 Å². The van der Waals surface area contributed by atoms with Crippen LogP contribution >= 0.6 is 0 Å². The van der Waals surface area contributed by atoms with E-state index in [1.165, 1.54) is 0 Å². The predicted molar refractivity (Wildman–Crippen MR) is 39.6 cm³/mol. The molecule has 1 rings (SSSR count). The first-order chi connectivity index (χ1) is 5.66. The van der Waals surface area contributed by atoms with Crippen LogP contribution in [0.3, 0.4) is 0 Å². The Morgan fingerprint density at radius 2 is 2.58 bits per heavy atom. The monoisotopic (exact) mass is 170 g/mol. The Kier molecular flexibility index (Phi) is 2.23. The van der Waals surface area contributed by atoms with Gasteiger partial charge in [-0.1, -0.05) is 12.7 Å². The topological polar surface area (TPSA) is 66.0 Å². The summed E-state index contributed by atoms with van der Waals surface area (Å²) in [5.74, 6) is -1.21. The summed E-state index contributed by atoms with van der Waals surface area (Å²) in [4.78, 5) is 10.4. The standard InChI is InChI=1S/C7H7FN2O2/c1-2-5(8)6-4(7(11)12)3-9-10-6/h2-3,5H,1H2,(H,9,10)(H,11,12). The van der Waals surface area contributed by atoms with Crippen LogP contribution in [0.15, 0.2) is 18.9 Å². The van der Waals surface area contributed by atoms with Crippen molar-refractivity contribution in [1.29, 1.82) is 0 Å². The van der Waals surface area contributed by atoms with Crippen LogP contribution in [0, 0.1) is 0 Å². The van der Waals surface area contributed by atoms with Crippen LogP contribution in [0.2, 0.25) is 0 Å². The van der Waals surface area contributed by atoms with Gasteiger partial charge in [0.1, 0.15) is 5.56 Å². The lowest BCUT2D eigenvalue weighted by Gasteiger charge is -1.99. The summed E-state index contributed by atoms with van der Waals surface area (Å²) < 4.78 is 12.9. The molecule has 1 aromatic heterocycles. The minimum absolute atomic E-state index is 0.0718. The second-order valence-corrected chi connectivity index (χ2v) is 2.14. The van der Waals surface area contributed by atoms with E-state index in [4.69, 9.17) is 5.11 Å². The van der Waals surface area contributed by atoms with E-state index in [1.54, 1.807) is 0 Å². The van der Waals surface area contributed by atoms with Crippen molar-refractivity contribution in [3.63, 3.8) is 0 Å². The van der Waals surface area contributed by atoms with Crippen LogP contribution in [0.1, 0.15) is 22.2 Å². The molecule has 1 atom stereocenters. The minimum atomic E-state index is -1.52. The molecule has 12 heavy (non-hydrogen) atoms. The molecule has 0 bridgehead atoms. The SMILES string of the molecule is C=CC(F)c1[nH]ncc1C(=O)O. The molecule has 0 spiro atoms. The lowest BCUT2D eigenvalue weighted by atomic mass is 10.2. The minimum Gasteiger partial charge on any atom is -0.478 e. The van der Waals surface area contributed by atoms with Crippen LogP contribution in [0.5, 0.6) is 0 Å². The van der Waals surface area contributed by atoms with Gasteiger partial charge in [0.25, 0.3) is 0 Å². The molecule has 0 saturated carbocycles. The van der Waals surface area contributed by atoms with Gasteiger partial charge in [-0.15, -0.1) is 0 Å². The fourth-order valence-corrected chi connectivity index (χ4v) is 0.795. The molecule has 0 fully saturated rings. The number of hydrogen-bond donors (Lipinski definition) is 2. The van der Waals surface area contributed by atoms with E-state index in [-0.39, 0.29) is 11.3 Å². The summed E-state index contributed by atoms with van der Waals surface area (Å²) in [6, 6.07) is 0. The van der Waals surface area contributed by atoms with Crippen molar-refractivity contribution < 1.29 is 14.3 Å². The Morgan fingerprint density at radius 1 is 1.92 bits per heavy atom. The second-order valence-electron chi connectivity index (χ2n) is 2.14. The highest BCUT2D eigenvalue weighted by Crippen LogP contribution is 2.19. The molecule has 0 aliphatic heterocycles. The van der Waals surface area contributed by atoms with E-state index in [0.29, 0.717) is 0 Å². The zero-order chi connectivity index (χ0) is 9.14. The number of hydrogen-bond acceptors (Lipinski definition) is 2. The number of carbonyl (C=O) groups is 1. The lowest BCUT2D eigenvalue weighted by molar-refractivity contribution is 0.0694. The van der Waals surface area contributed by atoms with Crippen LogP contribution < -0.4 is 0 Å². The fraction of sp³-hybridized carbons (Fsp3) is 0.143. The quantitative estimate of drug-likeness (QED) is 0.672. The number of halogens is 1. The summed E-state index contributed by atoms with van der Waals surface area (Å²) in [6.07, 6.45) is 0.548.